The van der Waals surface area contributed by atoms with Gasteiger partial charge in [0.05, 0.1) is 12.3 Å². The molecule has 0 saturated carbocycles. The second kappa shape index (κ2) is 12.1. The van der Waals surface area contributed by atoms with E-state index in [1.807, 2.05) is 30.5 Å². The van der Waals surface area contributed by atoms with Crippen LogP contribution in [0.3, 0.4) is 0 Å². The first-order chi connectivity index (χ1) is 12.8. The lowest BCUT2D eigenvalue weighted by Gasteiger charge is -2.06. The molecule has 0 amide bonds. The van der Waals surface area contributed by atoms with E-state index >= 15 is 0 Å². The molecule has 140 valence electrons. The van der Waals surface area contributed by atoms with Gasteiger partial charge in [-0.1, -0.05) is 51.9 Å². The van der Waals surface area contributed by atoms with Crippen LogP contribution in [0.5, 0.6) is 11.5 Å². The van der Waals surface area contributed by atoms with Gasteiger partial charge in [-0.3, -0.25) is 4.99 Å². The van der Waals surface area contributed by atoms with Gasteiger partial charge < -0.3 is 9.84 Å². The van der Waals surface area contributed by atoms with Crippen molar-refractivity contribution in [3.8, 4) is 11.5 Å². The van der Waals surface area contributed by atoms with Gasteiger partial charge in [-0.05, 0) is 60.5 Å². The summed E-state index contributed by atoms with van der Waals surface area (Å²) in [7, 11) is 0. The van der Waals surface area contributed by atoms with Gasteiger partial charge in [-0.25, -0.2) is 0 Å². The van der Waals surface area contributed by atoms with E-state index in [2.05, 4.69) is 11.9 Å². The predicted molar refractivity (Wildman–Crippen MR) is 110 cm³/mol. The van der Waals surface area contributed by atoms with Gasteiger partial charge in [-0.2, -0.15) is 0 Å². The number of hydrogen-bond acceptors (Lipinski definition) is 3. The average molecular weight is 354 g/mol. The maximum absolute atomic E-state index is 9.27. The molecule has 0 bridgehead atoms. The van der Waals surface area contributed by atoms with Crippen molar-refractivity contribution in [1.29, 1.82) is 0 Å². The van der Waals surface area contributed by atoms with E-state index in [0.717, 1.165) is 30.0 Å². The predicted octanol–water partition coefficient (Wildman–Crippen LogP) is 6.66. The van der Waals surface area contributed by atoms with Crippen LogP contribution in [0.2, 0.25) is 0 Å². The highest BCUT2D eigenvalue weighted by molar-refractivity contribution is 5.82. The smallest absolute Gasteiger partial charge is 0.119 e. The van der Waals surface area contributed by atoms with Gasteiger partial charge in [0, 0.05) is 6.21 Å². The minimum atomic E-state index is 0.252. The van der Waals surface area contributed by atoms with Crippen molar-refractivity contribution < 1.29 is 9.84 Å². The summed E-state index contributed by atoms with van der Waals surface area (Å²) in [4.78, 5) is 4.39. The SMILES string of the molecule is CCCCCCCCCCOc1ccc(C=Nc2ccc(O)cc2)cc1. The van der Waals surface area contributed by atoms with E-state index < -0.39 is 0 Å². The molecule has 0 aromatic heterocycles. The normalized spacial score (nSPS) is 11.1. The van der Waals surface area contributed by atoms with Crippen LogP contribution in [-0.2, 0) is 0 Å². The number of rotatable bonds is 12. The van der Waals surface area contributed by atoms with E-state index in [0.29, 0.717) is 0 Å². The number of unbranched alkanes of at least 4 members (excludes halogenated alkanes) is 7. The van der Waals surface area contributed by atoms with Crippen molar-refractivity contribution in [1.82, 2.24) is 0 Å². The molecule has 2 aromatic carbocycles. The van der Waals surface area contributed by atoms with Gasteiger partial charge >= 0.3 is 0 Å². The van der Waals surface area contributed by atoms with Crippen LogP contribution in [0.25, 0.3) is 0 Å². The largest absolute Gasteiger partial charge is 0.508 e. The zero-order valence-corrected chi connectivity index (χ0v) is 15.9. The molecule has 0 heterocycles. The number of ether oxygens (including phenoxy) is 1. The Morgan fingerprint density at radius 3 is 2.08 bits per heavy atom. The van der Waals surface area contributed by atoms with Crippen molar-refractivity contribution in [3.05, 3.63) is 54.1 Å². The molecule has 0 fully saturated rings. The quantitative estimate of drug-likeness (QED) is 0.342. The zero-order valence-electron chi connectivity index (χ0n) is 15.9. The van der Waals surface area contributed by atoms with Crippen molar-refractivity contribution in [3.63, 3.8) is 0 Å². The van der Waals surface area contributed by atoms with Crippen LogP contribution in [0.1, 0.15) is 63.9 Å². The molecule has 3 nitrogen and oxygen atoms in total. The summed E-state index contributed by atoms with van der Waals surface area (Å²) in [5.41, 5.74) is 1.84. The molecule has 0 aliphatic carbocycles. The highest BCUT2D eigenvalue weighted by atomic mass is 16.5. The number of benzene rings is 2. The van der Waals surface area contributed by atoms with Crippen LogP contribution >= 0.6 is 0 Å². The minimum absolute atomic E-state index is 0.252. The van der Waals surface area contributed by atoms with E-state index in [9.17, 15) is 5.11 Å². The number of aliphatic imine (C=N–C) groups is 1. The molecule has 26 heavy (non-hydrogen) atoms. The third-order valence-electron chi connectivity index (χ3n) is 4.36. The standard InChI is InChI=1S/C23H31NO2/c1-2-3-4-5-6-7-8-9-18-26-23-16-10-20(11-17-23)19-24-21-12-14-22(25)15-13-21/h10-17,19,25H,2-9,18H2,1H3. The highest BCUT2D eigenvalue weighted by Crippen LogP contribution is 2.17. The van der Waals surface area contributed by atoms with Crippen molar-refractivity contribution in [2.24, 2.45) is 4.99 Å². The Hall–Kier alpha value is -2.29. The molecule has 1 N–H and O–H groups in total. The molecule has 2 rings (SSSR count). The molecule has 3 heteroatoms. The van der Waals surface area contributed by atoms with E-state index in [4.69, 9.17) is 4.74 Å². The fraction of sp³-hybridized carbons (Fsp3) is 0.435. The van der Waals surface area contributed by atoms with Gasteiger partial charge in [0.1, 0.15) is 11.5 Å². The van der Waals surface area contributed by atoms with Crippen LogP contribution in [0, 0.1) is 0 Å². The number of hydrogen-bond donors (Lipinski definition) is 1. The molecule has 0 unspecified atom stereocenters. The average Bonchev–Trinajstić information content (AvgIpc) is 2.67. The third kappa shape index (κ3) is 8.19. The number of phenolic OH excluding ortho intramolecular Hbond substituents is 1. The summed E-state index contributed by atoms with van der Waals surface area (Å²) < 4.78 is 5.81. The molecule has 0 radical (unpaired) electrons. The Kier molecular flexibility index (Phi) is 9.34. The topological polar surface area (TPSA) is 41.8 Å². The summed E-state index contributed by atoms with van der Waals surface area (Å²) in [6.07, 6.45) is 12.3. The van der Waals surface area contributed by atoms with E-state index in [-0.39, 0.29) is 5.75 Å². The zero-order chi connectivity index (χ0) is 18.5. The van der Waals surface area contributed by atoms with Crippen LogP contribution in [-0.4, -0.2) is 17.9 Å². The minimum Gasteiger partial charge on any atom is -0.508 e. The summed E-state index contributed by atoms with van der Waals surface area (Å²) in [5.74, 6) is 1.16. The molecule has 0 spiro atoms. The maximum atomic E-state index is 9.27. The molecule has 0 atom stereocenters. The lowest BCUT2D eigenvalue weighted by Crippen LogP contribution is -1.97. The maximum Gasteiger partial charge on any atom is 0.119 e. The molecule has 0 saturated heterocycles. The Balaban J connectivity index is 1.62. The summed E-state index contributed by atoms with van der Waals surface area (Å²) in [6.45, 7) is 3.04. The number of aromatic hydroxyl groups is 1. The number of nitrogens with zero attached hydrogens (tertiary/aromatic N) is 1. The van der Waals surface area contributed by atoms with Gasteiger partial charge in [0.25, 0.3) is 0 Å². The van der Waals surface area contributed by atoms with Crippen molar-refractivity contribution in [2.45, 2.75) is 58.3 Å². The van der Waals surface area contributed by atoms with Gasteiger partial charge in [0.15, 0.2) is 0 Å². The van der Waals surface area contributed by atoms with Gasteiger partial charge in [0.2, 0.25) is 0 Å². The highest BCUT2D eigenvalue weighted by Gasteiger charge is 1.96. The van der Waals surface area contributed by atoms with Crippen LogP contribution in [0.15, 0.2) is 53.5 Å². The molecule has 2 aromatic rings. The fourth-order valence-corrected chi connectivity index (χ4v) is 2.76. The summed E-state index contributed by atoms with van der Waals surface area (Å²) >= 11 is 0. The van der Waals surface area contributed by atoms with Gasteiger partial charge in [-0.15, -0.1) is 0 Å². The monoisotopic (exact) mass is 353 g/mol. The third-order valence-corrected chi connectivity index (χ3v) is 4.36. The fourth-order valence-electron chi connectivity index (χ4n) is 2.76. The molecule has 0 aliphatic rings. The van der Waals surface area contributed by atoms with E-state index in [1.165, 1.54) is 44.9 Å². The van der Waals surface area contributed by atoms with Crippen LogP contribution in [0.4, 0.5) is 5.69 Å². The molecular weight excluding hydrogens is 322 g/mol. The first-order valence-corrected chi connectivity index (χ1v) is 9.84. The Morgan fingerprint density at radius 1 is 0.808 bits per heavy atom. The lowest BCUT2D eigenvalue weighted by atomic mass is 10.1. The van der Waals surface area contributed by atoms with Crippen LogP contribution < -0.4 is 4.74 Å². The molecular formula is C23H31NO2. The first-order valence-electron chi connectivity index (χ1n) is 9.84. The Bertz CT molecular complexity index is 632. The van der Waals surface area contributed by atoms with Crippen molar-refractivity contribution in [2.75, 3.05) is 6.61 Å². The Morgan fingerprint density at radius 2 is 1.42 bits per heavy atom. The second-order valence-electron chi connectivity index (χ2n) is 6.67. The first kappa shape index (κ1) is 20.0. The summed E-state index contributed by atoms with van der Waals surface area (Å²) in [5, 5.41) is 9.27. The Labute approximate surface area is 157 Å². The second-order valence-corrected chi connectivity index (χ2v) is 6.67. The number of phenols is 1. The lowest BCUT2D eigenvalue weighted by molar-refractivity contribution is 0.304. The van der Waals surface area contributed by atoms with E-state index in [1.54, 1.807) is 24.3 Å². The van der Waals surface area contributed by atoms with Crippen molar-refractivity contribution >= 4 is 11.9 Å². The summed E-state index contributed by atoms with van der Waals surface area (Å²) in [6, 6.07) is 14.8. The molecule has 0 aliphatic heterocycles.